The summed E-state index contributed by atoms with van der Waals surface area (Å²) in [5.74, 6) is 1.60. The Balaban J connectivity index is 1.95. The van der Waals surface area contributed by atoms with E-state index in [0.29, 0.717) is 24.4 Å². The third kappa shape index (κ3) is 4.90. The zero-order chi connectivity index (χ0) is 17.5. The molecule has 0 radical (unpaired) electrons. The zero-order valence-electron chi connectivity index (χ0n) is 14.2. The van der Waals surface area contributed by atoms with Crippen LogP contribution in [0.1, 0.15) is 17.5 Å². The quantitative estimate of drug-likeness (QED) is 0.761. The summed E-state index contributed by atoms with van der Waals surface area (Å²) in [6.07, 6.45) is 1.01. The average Bonchev–Trinajstić information content (AvgIpc) is 2.61. The second-order valence-electron chi connectivity index (χ2n) is 5.55. The first-order chi connectivity index (χ1) is 11.5. The molecule has 0 bridgehead atoms. The average molecular weight is 348 g/mol. The fourth-order valence-corrected chi connectivity index (χ4v) is 2.59. The summed E-state index contributed by atoms with van der Waals surface area (Å²) in [4.78, 5) is 14.1. The summed E-state index contributed by atoms with van der Waals surface area (Å²) in [5, 5.41) is 0.692. The summed E-state index contributed by atoms with van der Waals surface area (Å²) >= 11 is 5.88. The summed E-state index contributed by atoms with van der Waals surface area (Å²) in [7, 11) is 5.05. The van der Waals surface area contributed by atoms with Gasteiger partial charge in [0.05, 0.1) is 14.2 Å². The monoisotopic (exact) mass is 347 g/mol. The number of rotatable bonds is 7. The highest BCUT2D eigenvalue weighted by Crippen LogP contribution is 2.25. The van der Waals surface area contributed by atoms with E-state index in [1.54, 1.807) is 26.2 Å². The molecule has 0 aliphatic rings. The van der Waals surface area contributed by atoms with E-state index in [1.165, 1.54) is 0 Å². The number of methoxy groups -OCH3 is 2. The molecule has 0 atom stereocenters. The van der Waals surface area contributed by atoms with E-state index < -0.39 is 0 Å². The number of hydrogen-bond donors (Lipinski definition) is 0. The Labute approximate surface area is 147 Å². The molecule has 1 amide bonds. The van der Waals surface area contributed by atoms with Crippen LogP contribution in [0.25, 0.3) is 0 Å². The molecule has 5 heteroatoms. The number of hydrogen-bond acceptors (Lipinski definition) is 3. The predicted molar refractivity (Wildman–Crippen MR) is 95.8 cm³/mol. The standard InChI is InChI=1S/C19H22ClNO3/c1-21(13-14-4-7-16(20)8-5-14)19(22)11-6-15-12-17(23-2)9-10-18(15)24-3/h4-5,7-10,12H,6,11,13H2,1-3H3. The first-order valence-corrected chi connectivity index (χ1v) is 8.10. The predicted octanol–water partition coefficient (Wildman–Crippen LogP) is 3.95. The van der Waals surface area contributed by atoms with Crippen molar-refractivity contribution in [2.24, 2.45) is 0 Å². The Morgan fingerprint density at radius 2 is 1.79 bits per heavy atom. The second kappa shape index (κ2) is 8.60. The topological polar surface area (TPSA) is 38.8 Å². The van der Waals surface area contributed by atoms with Crippen LogP contribution in [0.4, 0.5) is 0 Å². The lowest BCUT2D eigenvalue weighted by Crippen LogP contribution is -2.26. The minimum atomic E-state index is 0.0785. The maximum Gasteiger partial charge on any atom is 0.222 e. The lowest BCUT2D eigenvalue weighted by atomic mass is 10.1. The van der Waals surface area contributed by atoms with E-state index in [2.05, 4.69) is 0 Å². The van der Waals surface area contributed by atoms with Gasteiger partial charge in [0.1, 0.15) is 11.5 Å². The lowest BCUT2D eigenvalue weighted by Gasteiger charge is -2.18. The van der Waals surface area contributed by atoms with Crippen molar-refractivity contribution in [2.75, 3.05) is 21.3 Å². The number of carbonyl (C=O) groups excluding carboxylic acids is 1. The highest BCUT2D eigenvalue weighted by Gasteiger charge is 2.12. The molecule has 0 fully saturated rings. The third-order valence-corrected chi connectivity index (χ3v) is 4.11. The minimum Gasteiger partial charge on any atom is -0.497 e. The number of benzene rings is 2. The van der Waals surface area contributed by atoms with E-state index in [1.807, 2.05) is 42.5 Å². The van der Waals surface area contributed by atoms with Crippen molar-refractivity contribution in [1.82, 2.24) is 4.90 Å². The molecule has 0 aliphatic carbocycles. The Hall–Kier alpha value is -2.20. The molecular formula is C19H22ClNO3. The first kappa shape index (κ1) is 18.1. The minimum absolute atomic E-state index is 0.0785. The largest absolute Gasteiger partial charge is 0.497 e. The summed E-state index contributed by atoms with van der Waals surface area (Å²) < 4.78 is 10.6. The zero-order valence-corrected chi connectivity index (χ0v) is 15.0. The molecule has 128 valence electrons. The molecule has 24 heavy (non-hydrogen) atoms. The molecule has 0 saturated heterocycles. The van der Waals surface area contributed by atoms with E-state index >= 15 is 0 Å². The number of carbonyl (C=O) groups is 1. The first-order valence-electron chi connectivity index (χ1n) is 7.72. The molecule has 4 nitrogen and oxygen atoms in total. The third-order valence-electron chi connectivity index (χ3n) is 3.85. The van der Waals surface area contributed by atoms with Gasteiger partial charge >= 0.3 is 0 Å². The highest BCUT2D eigenvalue weighted by molar-refractivity contribution is 6.30. The molecule has 0 saturated carbocycles. The second-order valence-corrected chi connectivity index (χ2v) is 5.99. The molecule has 0 spiro atoms. The van der Waals surface area contributed by atoms with Crippen molar-refractivity contribution in [3.8, 4) is 11.5 Å². The lowest BCUT2D eigenvalue weighted by molar-refractivity contribution is -0.130. The van der Waals surface area contributed by atoms with Gasteiger partial charge < -0.3 is 14.4 Å². The number of nitrogens with zero attached hydrogens (tertiary/aromatic N) is 1. The molecule has 0 N–H and O–H groups in total. The van der Waals surface area contributed by atoms with Crippen LogP contribution in [-0.4, -0.2) is 32.1 Å². The summed E-state index contributed by atoms with van der Waals surface area (Å²) in [6.45, 7) is 0.561. The number of halogens is 1. The van der Waals surface area contributed by atoms with Crippen molar-refractivity contribution < 1.29 is 14.3 Å². The van der Waals surface area contributed by atoms with Gasteiger partial charge in [-0.15, -0.1) is 0 Å². The van der Waals surface area contributed by atoms with Crippen molar-refractivity contribution in [3.63, 3.8) is 0 Å². The van der Waals surface area contributed by atoms with Crippen LogP contribution in [0.15, 0.2) is 42.5 Å². The van der Waals surface area contributed by atoms with E-state index in [0.717, 1.165) is 22.6 Å². The van der Waals surface area contributed by atoms with Gasteiger partial charge in [0.15, 0.2) is 0 Å². The van der Waals surface area contributed by atoms with Crippen LogP contribution in [0.5, 0.6) is 11.5 Å². The van der Waals surface area contributed by atoms with Gasteiger partial charge in [-0.25, -0.2) is 0 Å². The van der Waals surface area contributed by atoms with Crippen molar-refractivity contribution in [1.29, 1.82) is 0 Å². The SMILES string of the molecule is COc1ccc(OC)c(CCC(=O)N(C)Cc2ccc(Cl)cc2)c1. The van der Waals surface area contributed by atoms with E-state index in [4.69, 9.17) is 21.1 Å². The molecule has 0 unspecified atom stereocenters. The summed E-state index contributed by atoms with van der Waals surface area (Å²) in [6, 6.07) is 13.1. The smallest absolute Gasteiger partial charge is 0.222 e. The van der Waals surface area contributed by atoms with Gasteiger partial charge in [-0.05, 0) is 47.9 Å². The van der Waals surface area contributed by atoms with Gasteiger partial charge in [0.2, 0.25) is 5.91 Å². The molecule has 2 aromatic carbocycles. The Morgan fingerprint density at radius 3 is 2.42 bits per heavy atom. The van der Waals surface area contributed by atoms with Crippen LogP contribution >= 0.6 is 11.6 Å². The van der Waals surface area contributed by atoms with Crippen molar-refractivity contribution in [3.05, 3.63) is 58.6 Å². The normalized spacial score (nSPS) is 10.3. The van der Waals surface area contributed by atoms with Gasteiger partial charge in [-0.3, -0.25) is 4.79 Å². The number of ether oxygens (including phenoxy) is 2. The highest BCUT2D eigenvalue weighted by atomic mass is 35.5. The Kier molecular flexibility index (Phi) is 6.50. The maximum absolute atomic E-state index is 12.4. The van der Waals surface area contributed by atoms with Crippen LogP contribution in [0.3, 0.4) is 0 Å². The Morgan fingerprint density at radius 1 is 1.08 bits per heavy atom. The molecule has 0 aliphatic heterocycles. The van der Waals surface area contributed by atoms with Crippen LogP contribution in [0.2, 0.25) is 5.02 Å². The molecule has 0 aromatic heterocycles. The fraction of sp³-hybridized carbons (Fsp3) is 0.316. The van der Waals surface area contributed by atoms with Gasteiger partial charge in [-0.2, -0.15) is 0 Å². The van der Waals surface area contributed by atoms with Crippen LogP contribution in [0, 0.1) is 0 Å². The van der Waals surface area contributed by atoms with Crippen LogP contribution in [-0.2, 0) is 17.8 Å². The number of aryl methyl sites for hydroxylation is 1. The van der Waals surface area contributed by atoms with Crippen molar-refractivity contribution in [2.45, 2.75) is 19.4 Å². The molecule has 2 aromatic rings. The Bertz CT molecular complexity index is 686. The molecule has 0 heterocycles. The van der Waals surface area contributed by atoms with E-state index in [-0.39, 0.29) is 5.91 Å². The maximum atomic E-state index is 12.4. The van der Waals surface area contributed by atoms with Gasteiger partial charge in [-0.1, -0.05) is 23.7 Å². The van der Waals surface area contributed by atoms with Crippen LogP contribution < -0.4 is 9.47 Å². The van der Waals surface area contributed by atoms with Gasteiger partial charge in [0.25, 0.3) is 0 Å². The van der Waals surface area contributed by atoms with E-state index in [9.17, 15) is 4.79 Å². The van der Waals surface area contributed by atoms with Gasteiger partial charge in [0, 0.05) is 25.0 Å². The summed E-state index contributed by atoms with van der Waals surface area (Å²) in [5.41, 5.74) is 2.01. The molecule has 2 rings (SSSR count). The molecular weight excluding hydrogens is 326 g/mol. The fourth-order valence-electron chi connectivity index (χ4n) is 2.46. The number of amides is 1. The van der Waals surface area contributed by atoms with Crippen molar-refractivity contribution >= 4 is 17.5 Å².